The minimum absolute atomic E-state index is 0.00533. The second kappa shape index (κ2) is 49.5. The van der Waals surface area contributed by atoms with E-state index in [-0.39, 0.29) is 116 Å². The zero-order valence-electron chi connectivity index (χ0n) is 82.1. The number of piperazine rings is 5. The van der Waals surface area contributed by atoms with Gasteiger partial charge in [-0.25, -0.2) is 67.4 Å². The fraction of sp³-hybridized carbons (Fsp3) is 0.343. The third-order valence-electron chi connectivity index (χ3n) is 24.7. The van der Waals surface area contributed by atoms with Gasteiger partial charge in [0.15, 0.2) is 11.4 Å². The minimum atomic E-state index is -3.23. The topological polar surface area (TPSA) is 430 Å². The van der Waals surface area contributed by atoms with E-state index >= 15 is 0 Å². The van der Waals surface area contributed by atoms with Gasteiger partial charge in [-0.1, -0.05) is 114 Å². The van der Waals surface area contributed by atoms with E-state index in [4.69, 9.17) is 41.5 Å². The second-order valence-corrected chi connectivity index (χ2v) is 37.0. The summed E-state index contributed by atoms with van der Waals surface area (Å²) in [6.45, 7) is 22.7. The molecule has 0 spiro atoms. The number of terminal acetylenes is 2. The molecule has 17 rings (SSSR count). The summed E-state index contributed by atoms with van der Waals surface area (Å²) in [6, 6.07) is 53.1. The van der Waals surface area contributed by atoms with Crippen molar-refractivity contribution in [2.24, 2.45) is 17.8 Å². The van der Waals surface area contributed by atoms with Crippen LogP contribution < -0.4 is 84.5 Å². The van der Waals surface area contributed by atoms with Crippen LogP contribution in [0.25, 0.3) is 0 Å². The lowest BCUT2D eigenvalue weighted by molar-refractivity contribution is -0.0504. The van der Waals surface area contributed by atoms with Crippen molar-refractivity contribution in [3.05, 3.63) is 303 Å². The Hall–Kier alpha value is -15.4. The molecule has 0 amide bonds. The maximum atomic E-state index is 14.3. The Morgan fingerprint density at radius 3 is 0.903 bits per heavy atom. The number of nitrogens with zero attached hydrogens (tertiary/aromatic N) is 15. The van der Waals surface area contributed by atoms with Gasteiger partial charge in [0, 0.05) is 173 Å². The number of ether oxygens (including phenoxy) is 1. The molecule has 5 aliphatic heterocycles. The largest absolute Gasteiger partial charge is 0.432 e. The molecule has 0 bridgehead atoms. The zero-order chi connectivity index (χ0) is 104. The molecule has 145 heavy (non-hydrogen) atoms. The highest BCUT2D eigenvalue weighted by Crippen LogP contribution is 2.38. The molecule has 37 heteroatoms. The maximum absolute atomic E-state index is 14.3. The molecule has 5 saturated heterocycles. The van der Waals surface area contributed by atoms with Crippen molar-refractivity contribution in [2.45, 2.75) is 123 Å². The number of nitrogens with one attached hydrogen (secondary N) is 5. The first kappa shape index (κ1) is 107. The smallest absolute Gasteiger partial charge is 0.387 e. The molecule has 0 aliphatic carbocycles. The van der Waals surface area contributed by atoms with Crippen molar-refractivity contribution in [1.29, 1.82) is 0 Å². The summed E-state index contributed by atoms with van der Waals surface area (Å²) in [7, 11) is 0. The Balaban J connectivity index is 0.000000152. The number of hydrogen-bond acceptors (Lipinski definition) is 31. The lowest BCUT2D eigenvalue weighted by Crippen LogP contribution is -2.51. The highest BCUT2D eigenvalue weighted by atomic mass is 19.3. The van der Waals surface area contributed by atoms with Gasteiger partial charge < -0.3 is 84.5 Å². The van der Waals surface area contributed by atoms with Crippen LogP contribution in [0.4, 0.5) is 84.5 Å². The van der Waals surface area contributed by atoms with E-state index in [1.807, 2.05) is 75.4 Å². The molecule has 5 aliphatic rings. The lowest BCUT2D eigenvalue weighted by Gasteiger charge is -2.35. The van der Waals surface area contributed by atoms with Crippen LogP contribution in [0.5, 0.6) is 5.75 Å². The SMILES string of the molecule is C#Cc1ccc(N2CCNC(c3ccccc3)C2)nc1C(=O)c1cccnc1N.C#Cc1ccc(N2CCN[C@@H](CC(C)C)C2)nc1C(=O)c1cccnc1N.CC(C)C[C@H]1CN(c2ccc(C(C)(F)F)c(C(=O)c3cccnc3N)n2)CCN1.CC(C)C[C@H]1CN(c2ccc(OC(F)F)c(C(=O)c3cccnc3N)n2)CCN1.CC(F)(F)c1ccc(N2CCNC(c3ccccc3)C2)nc1C(=O)c1cccnc1N. The van der Waals surface area contributed by atoms with Crippen LogP contribution in [0.3, 0.4) is 0 Å². The number of nitrogens with two attached hydrogens (primary N) is 5. The maximum Gasteiger partial charge on any atom is 0.387 e. The van der Waals surface area contributed by atoms with E-state index < -0.39 is 46.9 Å². The minimum Gasteiger partial charge on any atom is -0.432 e. The summed E-state index contributed by atoms with van der Waals surface area (Å²) in [6.07, 6.45) is 21.7. The number of carbonyl (C=O) groups excluding carboxylic acids is 5. The van der Waals surface area contributed by atoms with E-state index in [1.54, 1.807) is 79.1 Å². The third kappa shape index (κ3) is 28.1. The van der Waals surface area contributed by atoms with Gasteiger partial charge >= 0.3 is 6.61 Å². The van der Waals surface area contributed by atoms with Gasteiger partial charge in [0.05, 0.1) is 50.1 Å². The Morgan fingerprint density at radius 2 is 0.621 bits per heavy atom. The normalized spacial score (nSPS) is 16.9. The number of halogens is 6. The first-order valence-corrected chi connectivity index (χ1v) is 48.0. The van der Waals surface area contributed by atoms with Crippen molar-refractivity contribution >= 4 is 87.1 Å². The average Bonchev–Trinajstić information content (AvgIpc) is 0.782. The molecule has 756 valence electrons. The summed E-state index contributed by atoms with van der Waals surface area (Å²) in [5, 5.41) is 17.5. The summed E-state index contributed by atoms with van der Waals surface area (Å²) in [5.74, 6) is 0.845. The van der Waals surface area contributed by atoms with Crippen LogP contribution in [0, 0.1) is 42.4 Å². The Labute approximate surface area is 839 Å². The lowest BCUT2D eigenvalue weighted by atomic mass is 10.00. The van der Waals surface area contributed by atoms with Crippen LogP contribution in [0.15, 0.2) is 213 Å². The standard InChI is InChI=1S/C23H23F2N5O.C23H21N5O.C21H27F2N5O.C21H25N5O.C20H25F2N5O2/c1-23(24,25)17-9-10-19(29-20(17)21(31)16-8-5-11-28-22(16)26)30-13-12-27-18(14-30)15-6-3-2-4-7-15;1-2-16-10-11-20(27-21(16)22(29)18-9-6-12-26-23(18)24)28-14-13-25-19(15-28)17-7-4-3-5-8-17;1-13(2)11-14-12-28(10-9-25-14)17-7-6-16(21(3,22)23)18(27-17)19(29)15-5-4-8-26-20(15)24;1-4-15-7-8-18(26-11-10-23-16(13-26)12-14(2)3)25-19(15)20(27)17-6-5-9-24-21(17)22;1-12(2)10-13-11-27(9-8-24-13)16-6-5-15(29-20(21)22)17(26-16)18(28)14-4-3-7-25-19(14)23/h2-11,18,27H,12-14H2,1H3,(H2,26,28);1,3-12,19,25H,13-15H2,(H2,24,26);4-8,13-14,25H,9-12H2,1-3H3,(H2,24,26);1,5-9,14,16,23H,10-13H2,2-3H3,(H2,22,24);3-7,12-13,20,24H,8-11H2,1-2H3,(H2,23,25)/t;;14-;16-;13-/m..000/s1. The number of carbonyl (C=O) groups is 5. The summed E-state index contributed by atoms with van der Waals surface area (Å²) in [5.41, 5.74) is 32.1. The molecule has 10 aromatic heterocycles. The predicted molar refractivity (Wildman–Crippen MR) is 552 cm³/mol. The quantitative estimate of drug-likeness (QED) is 0.0130. The third-order valence-corrected chi connectivity index (χ3v) is 24.7. The molecule has 31 nitrogen and oxygen atoms in total. The van der Waals surface area contributed by atoms with Crippen molar-refractivity contribution in [3.63, 3.8) is 0 Å². The van der Waals surface area contributed by atoms with Gasteiger partial charge in [0.2, 0.25) is 28.9 Å². The molecule has 0 saturated carbocycles. The number of ketones is 5. The van der Waals surface area contributed by atoms with E-state index in [0.29, 0.717) is 109 Å². The van der Waals surface area contributed by atoms with Crippen molar-refractivity contribution in [2.75, 3.05) is 151 Å². The van der Waals surface area contributed by atoms with Crippen molar-refractivity contribution < 1.29 is 55.1 Å². The van der Waals surface area contributed by atoms with Crippen LogP contribution in [-0.2, 0) is 11.8 Å². The van der Waals surface area contributed by atoms with Gasteiger partial charge in [-0.3, -0.25) is 24.0 Å². The number of hydrogen-bond donors (Lipinski definition) is 10. The molecule has 0 radical (unpaired) electrons. The molecule has 5 atom stereocenters. The van der Waals surface area contributed by atoms with Gasteiger partial charge in [0.25, 0.3) is 11.8 Å². The van der Waals surface area contributed by atoms with Gasteiger partial charge in [0.1, 0.15) is 81.0 Å². The monoisotopic (exact) mass is 1980 g/mol. The van der Waals surface area contributed by atoms with E-state index in [0.717, 1.165) is 103 Å². The molecule has 5 fully saturated rings. The molecule has 15 N–H and O–H groups in total. The van der Waals surface area contributed by atoms with Crippen LogP contribution in [-0.4, -0.2) is 202 Å². The van der Waals surface area contributed by atoms with Gasteiger partial charge in [-0.2, -0.15) is 8.78 Å². The van der Waals surface area contributed by atoms with Crippen LogP contribution >= 0.6 is 0 Å². The zero-order valence-corrected chi connectivity index (χ0v) is 82.1. The van der Waals surface area contributed by atoms with E-state index in [1.165, 1.54) is 66.6 Å². The van der Waals surface area contributed by atoms with E-state index in [2.05, 4.69) is 156 Å². The second-order valence-electron chi connectivity index (χ2n) is 37.0. The molecule has 15 heterocycles. The number of aromatic nitrogens is 10. The summed E-state index contributed by atoms with van der Waals surface area (Å²) < 4.78 is 87.2. The predicted octanol–water partition coefficient (Wildman–Crippen LogP) is 14.0. The van der Waals surface area contributed by atoms with Crippen LogP contribution in [0.1, 0.15) is 200 Å². The Kier molecular flexibility index (Phi) is 36.5. The number of pyridine rings is 10. The Bertz CT molecular complexity index is 6580. The highest BCUT2D eigenvalue weighted by molar-refractivity contribution is 6.15. The molecular weight excluding hydrogens is 1860 g/mol. The first-order chi connectivity index (χ1) is 69.5. The first-order valence-electron chi connectivity index (χ1n) is 48.0. The summed E-state index contributed by atoms with van der Waals surface area (Å²) in [4.78, 5) is 118. The molecule has 2 unspecified atom stereocenters. The van der Waals surface area contributed by atoms with Gasteiger partial charge in [-0.05, 0) is 169 Å². The van der Waals surface area contributed by atoms with E-state index in [9.17, 15) is 50.3 Å². The van der Waals surface area contributed by atoms with Gasteiger partial charge in [-0.15, -0.1) is 12.8 Å². The fourth-order valence-electron chi connectivity index (χ4n) is 17.8. The van der Waals surface area contributed by atoms with Crippen molar-refractivity contribution in [1.82, 2.24) is 76.4 Å². The number of rotatable bonds is 27. The fourth-order valence-corrected chi connectivity index (χ4v) is 17.8. The highest BCUT2D eigenvalue weighted by Gasteiger charge is 2.38. The number of benzene rings is 2. The van der Waals surface area contributed by atoms with Crippen LogP contribution in [0.2, 0.25) is 0 Å². The molecule has 2 aromatic carbocycles. The molecular formula is C108H121F6N25O6. The van der Waals surface area contributed by atoms with Crippen molar-refractivity contribution in [3.8, 4) is 30.4 Å². The Morgan fingerprint density at radius 1 is 0.359 bits per heavy atom. The number of anilines is 10. The number of alkyl halides is 6. The summed E-state index contributed by atoms with van der Waals surface area (Å²) >= 11 is 0. The number of nitrogen functional groups attached to an aromatic ring is 5. The average molecular weight is 1980 g/mol. The molecule has 12 aromatic rings.